The summed E-state index contributed by atoms with van der Waals surface area (Å²) in [6, 6.07) is 11.4. The molecule has 0 saturated carbocycles. The number of carboxylic acids is 1. The smallest absolute Gasteiger partial charge is 0.335 e. The normalized spacial score (nSPS) is 15.4. The molecule has 2 heterocycles. The van der Waals surface area contributed by atoms with Crippen LogP contribution in [0.5, 0.6) is 11.5 Å². The minimum atomic E-state index is -0.953. The molecule has 3 aromatic rings. The molecule has 0 amide bonds. The van der Waals surface area contributed by atoms with E-state index in [4.69, 9.17) is 9.47 Å². The second-order valence-corrected chi connectivity index (χ2v) is 8.43. The summed E-state index contributed by atoms with van der Waals surface area (Å²) < 4.78 is 13.6. The van der Waals surface area contributed by atoms with Gasteiger partial charge in [-0.25, -0.2) is 9.48 Å². The van der Waals surface area contributed by atoms with Gasteiger partial charge in [-0.05, 0) is 69.5 Å². The molecule has 8 nitrogen and oxygen atoms in total. The number of carbonyl (C=O) groups is 1. The number of fused-ring (bicyclic) bond motifs is 1. The van der Waals surface area contributed by atoms with Crippen molar-refractivity contribution < 1.29 is 19.4 Å². The van der Waals surface area contributed by atoms with Crippen molar-refractivity contribution in [2.24, 2.45) is 0 Å². The van der Waals surface area contributed by atoms with Crippen LogP contribution in [-0.2, 0) is 6.54 Å². The largest absolute Gasteiger partial charge is 0.490 e. The van der Waals surface area contributed by atoms with Gasteiger partial charge in [0.05, 0.1) is 29.8 Å². The molecule has 8 heteroatoms. The SMILES string of the molecule is CCOc1cc(CN2CCC(n3nnc4cc(C(=O)O)ccc43)CC2)ccc1OC(C)C. The molecule has 1 N–H and O–H groups in total. The standard InChI is InChI=1S/C24H30N4O4/c1-4-31-23-13-17(5-8-22(23)32-16(2)3)15-27-11-9-19(10-12-27)28-21-7-6-18(24(29)30)14-20(21)25-26-28/h5-8,13-14,16,19H,4,9-12,15H2,1-3H3,(H,29,30). The molecule has 1 aromatic heterocycles. The van der Waals surface area contributed by atoms with E-state index >= 15 is 0 Å². The zero-order valence-electron chi connectivity index (χ0n) is 18.8. The maximum Gasteiger partial charge on any atom is 0.335 e. The van der Waals surface area contributed by atoms with Gasteiger partial charge in [0.2, 0.25) is 0 Å². The molecule has 0 radical (unpaired) electrons. The molecule has 2 aromatic carbocycles. The fourth-order valence-electron chi connectivity index (χ4n) is 4.20. The third kappa shape index (κ3) is 4.85. The Morgan fingerprint density at radius 1 is 1.16 bits per heavy atom. The van der Waals surface area contributed by atoms with Crippen molar-refractivity contribution in [2.45, 2.75) is 52.3 Å². The first kappa shape index (κ1) is 22.1. The summed E-state index contributed by atoms with van der Waals surface area (Å²) in [6.45, 7) is 9.36. The number of hydrogen-bond donors (Lipinski definition) is 1. The van der Waals surface area contributed by atoms with Gasteiger partial charge in [0, 0.05) is 19.6 Å². The van der Waals surface area contributed by atoms with E-state index < -0.39 is 5.97 Å². The Kier molecular flexibility index (Phi) is 6.60. The van der Waals surface area contributed by atoms with Gasteiger partial charge >= 0.3 is 5.97 Å². The van der Waals surface area contributed by atoms with Crippen LogP contribution in [0, 0.1) is 0 Å². The van der Waals surface area contributed by atoms with Gasteiger partial charge in [0.1, 0.15) is 5.52 Å². The second-order valence-electron chi connectivity index (χ2n) is 8.43. The number of ether oxygens (including phenoxy) is 2. The van der Waals surface area contributed by atoms with Gasteiger partial charge in [-0.2, -0.15) is 0 Å². The third-order valence-corrected chi connectivity index (χ3v) is 5.70. The minimum Gasteiger partial charge on any atom is -0.490 e. The highest BCUT2D eigenvalue weighted by molar-refractivity contribution is 5.92. The Morgan fingerprint density at radius 3 is 2.62 bits per heavy atom. The molecule has 0 aliphatic carbocycles. The second kappa shape index (κ2) is 9.56. The summed E-state index contributed by atoms with van der Waals surface area (Å²) in [6.07, 6.45) is 2.03. The van der Waals surface area contributed by atoms with Crippen molar-refractivity contribution in [1.29, 1.82) is 0 Å². The van der Waals surface area contributed by atoms with Crippen molar-refractivity contribution >= 4 is 17.0 Å². The summed E-state index contributed by atoms with van der Waals surface area (Å²) in [5.41, 5.74) is 2.95. The van der Waals surface area contributed by atoms with Crippen LogP contribution < -0.4 is 9.47 Å². The van der Waals surface area contributed by atoms with Crippen molar-refractivity contribution in [2.75, 3.05) is 19.7 Å². The molecule has 0 bridgehead atoms. The first-order valence-corrected chi connectivity index (χ1v) is 11.2. The molecule has 4 rings (SSSR count). The fraction of sp³-hybridized carbons (Fsp3) is 0.458. The Morgan fingerprint density at radius 2 is 1.94 bits per heavy atom. The topological polar surface area (TPSA) is 89.7 Å². The predicted molar refractivity (Wildman–Crippen MR) is 121 cm³/mol. The van der Waals surface area contributed by atoms with E-state index in [0.29, 0.717) is 12.1 Å². The highest BCUT2D eigenvalue weighted by Gasteiger charge is 2.23. The number of aromatic carboxylic acids is 1. The monoisotopic (exact) mass is 438 g/mol. The molecule has 0 atom stereocenters. The minimum absolute atomic E-state index is 0.0997. The lowest BCUT2D eigenvalue weighted by atomic mass is 10.0. The number of likely N-dealkylation sites (tertiary alicyclic amines) is 1. The average Bonchev–Trinajstić information content (AvgIpc) is 3.19. The Bertz CT molecular complexity index is 1090. The Hall–Kier alpha value is -3.13. The van der Waals surface area contributed by atoms with Crippen molar-refractivity contribution in [1.82, 2.24) is 19.9 Å². The summed E-state index contributed by atoms with van der Waals surface area (Å²) in [5, 5.41) is 17.7. The number of rotatable bonds is 8. The lowest BCUT2D eigenvalue weighted by molar-refractivity contribution is 0.0697. The van der Waals surface area contributed by atoms with E-state index in [9.17, 15) is 9.90 Å². The maximum absolute atomic E-state index is 11.2. The van der Waals surface area contributed by atoms with Crippen LogP contribution >= 0.6 is 0 Å². The molecule has 1 fully saturated rings. The van der Waals surface area contributed by atoms with Crippen LogP contribution in [0.25, 0.3) is 11.0 Å². The van der Waals surface area contributed by atoms with E-state index in [-0.39, 0.29) is 17.7 Å². The number of benzene rings is 2. The van der Waals surface area contributed by atoms with Crippen LogP contribution in [0.1, 0.15) is 55.6 Å². The van der Waals surface area contributed by atoms with Crippen LogP contribution in [-0.4, -0.2) is 56.8 Å². The van der Waals surface area contributed by atoms with E-state index in [1.807, 2.05) is 31.5 Å². The van der Waals surface area contributed by atoms with Gasteiger partial charge in [-0.3, -0.25) is 4.90 Å². The van der Waals surface area contributed by atoms with E-state index in [1.165, 1.54) is 5.56 Å². The third-order valence-electron chi connectivity index (χ3n) is 5.70. The van der Waals surface area contributed by atoms with E-state index in [1.54, 1.807) is 18.2 Å². The molecule has 1 aliphatic rings. The lowest BCUT2D eigenvalue weighted by Gasteiger charge is -2.32. The highest BCUT2D eigenvalue weighted by atomic mass is 16.5. The zero-order valence-corrected chi connectivity index (χ0v) is 18.8. The summed E-state index contributed by atoms with van der Waals surface area (Å²) >= 11 is 0. The number of carboxylic acid groups (broad SMARTS) is 1. The molecule has 170 valence electrons. The van der Waals surface area contributed by atoms with Gasteiger partial charge < -0.3 is 14.6 Å². The van der Waals surface area contributed by atoms with Gasteiger partial charge in [-0.15, -0.1) is 5.10 Å². The van der Waals surface area contributed by atoms with Crippen molar-refractivity contribution in [3.05, 3.63) is 47.5 Å². The van der Waals surface area contributed by atoms with Crippen molar-refractivity contribution in [3.8, 4) is 11.5 Å². The highest BCUT2D eigenvalue weighted by Crippen LogP contribution is 2.31. The summed E-state index contributed by atoms with van der Waals surface area (Å²) in [7, 11) is 0. The predicted octanol–water partition coefficient (Wildman–Crippen LogP) is 4.15. The Balaban J connectivity index is 1.40. The molecular weight excluding hydrogens is 408 g/mol. The van der Waals surface area contributed by atoms with Gasteiger partial charge in [0.25, 0.3) is 0 Å². The summed E-state index contributed by atoms with van der Waals surface area (Å²) in [4.78, 5) is 13.6. The number of aromatic nitrogens is 3. The quantitative estimate of drug-likeness (QED) is 0.565. The lowest BCUT2D eigenvalue weighted by Crippen LogP contribution is -2.34. The fourth-order valence-corrected chi connectivity index (χ4v) is 4.20. The van der Waals surface area contributed by atoms with Gasteiger partial charge in [0.15, 0.2) is 11.5 Å². The van der Waals surface area contributed by atoms with Crippen molar-refractivity contribution in [3.63, 3.8) is 0 Å². The maximum atomic E-state index is 11.2. The molecule has 0 spiro atoms. The number of nitrogens with zero attached hydrogens (tertiary/aromatic N) is 4. The van der Waals surface area contributed by atoms with Gasteiger partial charge in [-0.1, -0.05) is 11.3 Å². The van der Waals surface area contributed by atoms with Crippen LogP contribution in [0.3, 0.4) is 0 Å². The zero-order chi connectivity index (χ0) is 22.7. The summed E-state index contributed by atoms with van der Waals surface area (Å²) in [5.74, 6) is 0.628. The first-order valence-electron chi connectivity index (χ1n) is 11.2. The molecule has 1 saturated heterocycles. The Labute approximate surface area is 187 Å². The van der Waals surface area contributed by atoms with Crippen LogP contribution in [0.15, 0.2) is 36.4 Å². The van der Waals surface area contributed by atoms with Crippen LogP contribution in [0.2, 0.25) is 0 Å². The van der Waals surface area contributed by atoms with Crippen LogP contribution in [0.4, 0.5) is 0 Å². The number of piperidine rings is 1. The molecule has 1 aliphatic heterocycles. The average molecular weight is 439 g/mol. The van der Waals surface area contributed by atoms with E-state index in [2.05, 4.69) is 27.3 Å². The molecule has 0 unspecified atom stereocenters. The first-order chi connectivity index (χ1) is 15.4. The number of hydrogen-bond acceptors (Lipinski definition) is 6. The molecule has 32 heavy (non-hydrogen) atoms. The van der Waals surface area contributed by atoms with E-state index in [0.717, 1.165) is 49.5 Å². The molecular formula is C24H30N4O4.